The molecule has 2 aliphatic carbocycles. The number of hydrogen-bond donors (Lipinski definition) is 0. The highest BCUT2D eigenvalue weighted by Crippen LogP contribution is 2.64. The van der Waals surface area contributed by atoms with Crippen LogP contribution in [0.15, 0.2) is 243 Å². The molecule has 310 valence electrons. The second-order valence-electron chi connectivity index (χ2n) is 18.0. The quantitative estimate of drug-likeness (QED) is 0.127. The van der Waals surface area contributed by atoms with E-state index in [0.29, 0.717) is 5.82 Å². The predicted molar refractivity (Wildman–Crippen MR) is 278 cm³/mol. The molecule has 0 saturated carbocycles. The van der Waals surface area contributed by atoms with Crippen LogP contribution in [-0.2, 0) is 5.41 Å². The van der Waals surface area contributed by atoms with Gasteiger partial charge in [-0.25, -0.2) is 9.97 Å². The summed E-state index contributed by atoms with van der Waals surface area (Å²) in [7, 11) is 0. The Kier molecular flexibility index (Phi) is 8.23. The van der Waals surface area contributed by atoms with Crippen molar-refractivity contribution in [2.45, 2.75) is 5.41 Å². The van der Waals surface area contributed by atoms with E-state index in [2.05, 4.69) is 243 Å². The molecule has 0 N–H and O–H groups in total. The van der Waals surface area contributed by atoms with Gasteiger partial charge in [0, 0.05) is 16.7 Å². The molecule has 0 fully saturated rings. The topological polar surface area (TPSA) is 25.8 Å². The highest BCUT2D eigenvalue weighted by molar-refractivity contribution is 6.20. The minimum absolute atomic E-state index is 0.521. The molecule has 12 aromatic rings. The number of nitrogens with zero attached hydrogens (tertiary/aromatic N) is 2. The van der Waals surface area contributed by atoms with Gasteiger partial charge in [0.05, 0.1) is 16.8 Å². The van der Waals surface area contributed by atoms with Crippen LogP contribution in [0, 0.1) is 0 Å². The van der Waals surface area contributed by atoms with Gasteiger partial charge in [-0.05, 0) is 111 Å². The maximum Gasteiger partial charge on any atom is 0.160 e. The highest BCUT2D eigenvalue weighted by Gasteiger charge is 2.52. The van der Waals surface area contributed by atoms with E-state index in [1.807, 2.05) is 0 Å². The zero-order valence-corrected chi connectivity index (χ0v) is 36.5. The van der Waals surface area contributed by atoms with Crippen molar-refractivity contribution in [2.24, 2.45) is 0 Å². The molecule has 11 aromatic carbocycles. The fraction of sp³-hybridized carbons (Fsp3) is 0.0154. The molecule has 0 unspecified atom stereocenters. The molecule has 0 amide bonds. The Balaban J connectivity index is 0.983. The molecule has 0 atom stereocenters. The van der Waals surface area contributed by atoms with Gasteiger partial charge in [0.25, 0.3) is 0 Å². The Morgan fingerprint density at radius 2 is 0.776 bits per heavy atom. The number of fused-ring (bicyclic) bond motifs is 14. The molecular formula is C65H40N2. The van der Waals surface area contributed by atoms with E-state index in [4.69, 9.17) is 9.97 Å². The summed E-state index contributed by atoms with van der Waals surface area (Å²) in [5.74, 6) is 0.689. The van der Waals surface area contributed by atoms with Gasteiger partial charge < -0.3 is 0 Å². The van der Waals surface area contributed by atoms with E-state index in [-0.39, 0.29) is 0 Å². The van der Waals surface area contributed by atoms with E-state index >= 15 is 0 Å². The van der Waals surface area contributed by atoms with Gasteiger partial charge in [0.15, 0.2) is 5.82 Å². The highest BCUT2D eigenvalue weighted by atomic mass is 14.9. The SMILES string of the molecule is c1ccc(-c2ccc(-c3cc(-c4cccc5c4C4(c6ccccc6-c6ccccc64)c4ccccc4-5)nc(-c4ccc(-c5c6ccccc6cc6c5ccc5ccccc56)cc4)n3)cc2)cc1. The van der Waals surface area contributed by atoms with Crippen LogP contribution in [0.3, 0.4) is 0 Å². The summed E-state index contributed by atoms with van der Waals surface area (Å²) >= 11 is 0. The van der Waals surface area contributed by atoms with Crippen LogP contribution in [-0.4, -0.2) is 9.97 Å². The molecule has 67 heavy (non-hydrogen) atoms. The van der Waals surface area contributed by atoms with Crippen molar-refractivity contribution in [3.8, 4) is 78.4 Å². The molecular weight excluding hydrogens is 809 g/mol. The smallest absolute Gasteiger partial charge is 0.160 e. The monoisotopic (exact) mass is 848 g/mol. The Hall–Kier alpha value is -8.72. The van der Waals surface area contributed by atoms with E-state index in [1.54, 1.807) is 0 Å². The van der Waals surface area contributed by atoms with Crippen LogP contribution in [0.1, 0.15) is 22.3 Å². The van der Waals surface area contributed by atoms with E-state index in [9.17, 15) is 0 Å². The van der Waals surface area contributed by atoms with Gasteiger partial charge in [-0.2, -0.15) is 0 Å². The maximum absolute atomic E-state index is 5.60. The lowest BCUT2D eigenvalue weighted by atomic mass is 9.69. The van der Waals surface area contributed by atoms with Crippen molar-refractivity contribution >= 4 is 32.3 Å². The van der Waals surface area contributed by atoms with Crippen molar-refractivity contribution in [3.63, 3.8) is 0 Å². The fourth-order valence-electron chi connectivity index (χ4n) is 11.6. The van der Waals surface area contributed by atoms with Gasteiger partial charge in [0.1, 0.15) is 0 Å². The minimum atomic E-state index is -0.521. The number of aromatic nitrogens is 2. The largest absolute Gasteiger partial charge is 0.228 e. The van der Waals surface area contributed by atoms with E-state index < -0.39 is 5.41 Å². The summed E-state index contributed by atoms with van der Waals surface area (Å²) < 4.78 is 0. The first kappa shape index (κ1) is 37.6. The molecule has 0 saturated heterocycles. The van der Waals surface area contributed by atoms with Gasteiger partial charge >= 0.3 is 0 Å². The first-order valence-corrected chi connectivity index (χ1v) is 23.1. The van der Waals surface area contributed by atoms with Gasteiger partial charge in [-0.15, -0.1) is 0 Å². The third-order valence-electron chi connectivity index (χ3n) is 14.5. The number of rotatable bonds is 5. The standard InChI is InChI=1S/C65H40N2/c1-2-15-41(16-3-1)42-29-31-44(32-30-42)60-40-61(55-25-14-24-54-52-23-10-13-28-59(52)65(63(54)55)57-26-11-8-21-50(57)51-22-9-12-27-58(51)65)67-64(66-60)46-35-33-45(34-36-46)62-49-20-7-5-18-47(49)39-56-48-19-6-4-17-43(48)37-38-53(56)62/h1-40H. The Morgan fingerprint density at radius 3 is 1.49 bits per heavy atom. The van der Waals surface area contributed by atoms with E-state index in [0.717, 1.165) is 33.6 Å². The molecule has 0 aliphatic heterocycles. The van der Waals surface area contributed by atoms with Crippen molar-refractivity contribution in [3.05, 3.63) is 265 Å². The molecule has 0 radical (unpaired) electrons. The van der Waals surface area contributed by atoms with Crippen molar-refractivity contribution in [1.29, 1.82) is 0 Å². The van der Waals surface area contributed by atoms with Crippen LogP contribution >= 0.6 is 0 Å². The lowest BCUT2D eigenvalue weighted by Gasteiger charge is -2.32. The summed E-state index contributed by atoms with van der Waals surface area (Å²) in [6.07, 6.45) is 0. The van der Waals surface area contributed by atoms with Crippen molar-refractivity contribution < 1.29 is 0 Å². The predicted octanol–water partition coefficient (Wildman–Crippen LogP) is 16.6. The Morgan fingerprint density at radius 1 is 0.269 bits per heavy atom. The van der Waals surface area contributed by atoms with Crippen LogP contribution in [0.5, 0.6) is 0 Å². The lowest BCUT2D eigenvalue weighted by Crippen LogP contribution is -2.26. The first-order valence-electron chi connectivity index (χ1n) is 23.1. The lowest BCUT2D eigenvalue weighted by molar-refractivity contribution is 0.795. The summed E-state index contributed by atoms with van der Waals surface area (Å²) in [5, 5.41) is 7.48. The zero-order valence-electron chi connectivity index (χ0n) is 36.5. The van der Waals surface area contributed by atoms with Crippen LogP contribution < -0.4 is 0 Å². The average Bonchev–Trinajstić information content (AvgIpc) is 3.88. The van der Waals surface area contributed by atoms with Crippen LogP contribution in [0.25, 0.3) is 111 Å². The summed E-state index contributed by atoms with van der Waals surface area (Å²) in [5.41, 5.74) is 19.4. The number of benzene rings is 11. The molecule has 1 aromatic heterocycles. The van der Waals surface area contributed by atoms with Gasteiger partial charge in [0.2, 0.25) is 0 Å². The molecule has 2 aliphatic rings. The number of hydrogen-bond acceptors (Lipinski definition) is 2. The van der Waals surface area contributed by atoms with Crippen LogP contribution in [0.2, 0.25) is 0 Å². The molecule has 1 spiro atoms. The molecule has 1 heterocycles. The minimum Gasteiger partial charge on any atom is -0.228 e. The Bertz CT molecular complexity index is 3900. The molecule has 2 heteroatoms. The van der Waals surface area contributed by atoms with E-state index in [1.165, 1.54) is 93.5 Å². The fourth-order valence-corrected chi connectivity index (χ4v) is 11.6. The summed E-state index contributed by atoms with van der Waals surface area (Å²) in [4.78, 5) is 11.0. The molecule has 14 rings (SSSR count). The Labute approximate surface area is 389 Å². The van der Waals surface area contributed by atoms with Gasteiger partial charge in [-0.1, -0.05) is 231 Å². The van der Waals surface area contributed by atoms with Crippen LogP contribution in [0.4, 0.5) is 0 Å². The molecule has 2 nitrogen and oxygen atoms in total. The third kappa shape index (κ3) is 5.57. The zero-order chi connectivity index (χ0) is 44.1. The van der Waals surface area contributed by atoms with Gasteiger partial charge in [-0.3, -0.25) is 0 Å². The first-order chi connectivity index (χ1) is 33.2. The second kappa shape index (κ2) is 14.7. The maximum atomic E-state index is 5.60. The summed E-state index contributed by atoms with van der Waals surface area (Å²) in [6, 6.07) is 88.7. The normalized spacial score (nSPS) is 12.9. The third-order valence-corrected chi connectivity index (χ3v) is 14.5. The summed E-state index contributed by atoms with van der Waals surface area (Å²) in [6.45, 7) is 0. The second-order valence-corrected chi connectivity index (χ2v) is 18.0. The average molecular weight is 849 g/mol. The van der Waals surface area contributed by atoms with Crippen molar-refractivity contribution in [1.82, 2.24) is 9.97 Å². The molecule has 0 bridgehead atoms. The van der Waals surface area contributed by atoms with Crippen molar-refractivity contribution in [2.75, 3.05) is 0 Å².